The fraction of sp³-hybridized carbons (Fsp3) is 0.611. The molecule has 2 aliphatic rings. The zero-order valence-electron chi connectivity index (χ0n) is 15.2. The number of rotatable bonds is 3. The lowest BCUT2D eigenvalue weighted by Gasteiger charge is -2.48. The Morgan fingerprint density at radius 3 is 2.44 bits per heavy atom. The van der Waals surface area contributed by atoms with Crippen molar-refractivity contribution in [2.45, 2.75) is 38.1 Å². The molecule has 1 amide bonds. The highest BCUT2D eigenvalue weighted by Crippen LogP contribution is 2.42. The molecule has 0 aromatic heterocycles. The van der Waals surface area contributed by atoms with Crippen molar-refractivity contribution in [3.05, 3.63) is 35.4 Å². The molecule has 6 nitrogen and oxygen atoms in total. The van der Waals surface area contributed by atoms with Gasteiger partial charge in [-0.25, -0.2) is 0 Å². The van der Waals surface area contributed by atoms with Gasteiger partial charge in [-0.1, -0.05) is 31.2 Å². The number of hydrogen-bond donors (Lipinski definition) is 0. The van der Waals surface area contributed by atoms with E-state index in [0.29, 0.717) is 32.6 Å². The highest BCUT2D eigenvalue weighted by Gasteiger charge is 2.44. The summed E-state index contributed by atoms with van der Waals surface area (Å²) in [6, 6.07) is 8.30. The molecule has 1 spiro atoms. The first-order valence-electron chi connectivity index (χ1n) is 8.84. The van der Waals surface area contributed by atoms with Crippen LogP contribution in [-0.4, -0.2) is 61.6 Å². The van der Waals surface area contributed by atoms with Crippen molar-refractivity contribution in [2.24, 2.45) is 0 Å². The van der Waals surface area contributed by atoms with E-state index in [4.69, 9.17) is 0 Å². The third kappa shape index (κ3) is 3.20. The molecule has 1 fully saturated rings. The third-order valence-electron chi connectivity index (χ3n) is 5.57. The van der Waals surface area contributed by atoms with E-state index in [9.17, 15) is 13.2 Å². The zero-order chi connectivity index (χ0) is 18.2. The highest BCUT2D eigenvalue weighted by molar-refractivity contribution is 7.86. The van der Waals surface area contributed by atoms with Gasteiger partial charge >= 0.3 is 0 Å². The lowest BCUT2D eigenvalue weighted by atomic mass is 9.69. The Morgan fingerprint density at radius 2 is 1.84 bits per heavy atom. The quantitative estimate of drug-likeness (QED) is 0.817. The summed E-state index contributed by atoms with van der Waals surface area (Å²) in [6.45, 7) is 4.21. The highest BCUT2D eigenvalue weighted by atomic mass is 32.2. The van der Waals surface area contributed by atoms with Gasteiger partial charge in [-0.05, 0) is 24.0 Å². The molecular formula is C18H27N3O3S. The van der Waals surface area contributed by atoms with Gasteiger partial charge < -0.3 is 4.90 Å². The van der Waals surface area contributed by atoms with Gasteiger partial charge in [-0.15, -0.1) is 0 Å². The number of fused-ring (bicyclic) bond motifs is 2. The maximum absolute atomic E-state index is 12.4. The van der Waals surface area contributed by atoms with Crippen LogP contribution < -0.4 is 0 Å². The minimum Gasteiger partial charge on any atom is -0.337 e. The van der Waals surface area contributed by atoms with E-state index in [-0.39, 0.29) is 11.3 Å². The van der Waals surface area contributed by atoms with Crippen LogP contribution in [0, 0.1) is 0 Å². The van der Waals surface area contributed by atoms with Crippen molar-refractivity contribution < 1.29 is 13.2 Å². The molecule has 0 bridgehead atoms. The molecule has 0 atom stereocenters. The topological polar surface area (TPSA) is 60.9 Å². The standard InChI is InChI=1S/C18H27N3O3S/c1-4-17(22)20-13-15-7-5-6-8-16(15)18(14-20)9-11-21(12-10-18)25(23,24)19(2)3/h5-8H,4,9-14H2,1-3H3. The first-order valence-corrected chi connectivity index (χ1v) is 10.2. The van der Waals surface area contributed by atoms with E-state index in [1.807, 2.05) is 24.0 Å². The van der Waals surface area contributed by atoms with Crippen LogP contribution in [0.25, 0.3) is 0 Å². The molecule has 2 heterocycles. The van der Waals surface area contributed by atoms with E-state index in [1.165, 1.54) is 15.4 Å². The molecule has 0 saturated carbocycles. The van der Waals surface area contributed by atoms with Crippen molar-refractivity contribution >= 4 is 16.1 Å². The van der Waals surface area contributed by atoms with E-state index in [1.54, 1.807) is 18.4 Å². The molecule has 0 unspecified atom stereocenters. The Kier molecular flexibility index (Phi) is 4.92. The maximum atomic E-state index is 12.4. The zero-order valence-corrected chi connectivity index (χ0v) is 16.1. The minimum atomic E-state index is -3.38. The van der Waals surface area contributed by atoms with Crippen LogP contribution in [-0.2, 0) is 27.0 Å². The summed E-state index contributed by atoms with van der Waals surface area (Å²) in [5.74, 6) is 0.164. The van der Waals surface area contributed by atoms with Gasteiger partial charge in [0.05, 0.1) is 0 Å². The van der Waals surface area contributed by atoms with Gasteiger partial charge in [0.2, 0.25) is 5.91 Å². The number of hydrogen-bond acceptors (Lipinski definition) is 3. The van der Waals surface area contributed by atoms with Crippen LogP contribution in [0.2, 0.25) is 0 Å². The molecular weight excluding hydrogens is 338 g/mol. The van der Waals surface area contributed by atoms with E-state index in [2.05, 4.69) is 12.1 Å². The van der Waals surface area contributed by atoms with Crippen molar-refractivity contribution in [1.29, 1.82) is 0 Å². The summed E-state index contributed by atoms with van der Waals surface area (Å²) >= 11 is 0. The minimum absolute atomic E-state index is 0.141. The summed E-state index contributed by atoms with van der Waals surface area (Å²) in [7, 11) is -0.248. The predicted octanol–water partition coefficient (Wildman–Crippen LogP) is 1.58. The second-order valence-electron chi connectivity index (χ2n) is 7.23. The molecule has 0 N–H and O–H groups in total. The average molecular weight is 365 g/mol. The van der Waals surface area contributed by atoms with Gasteiger partial charge in [-0.3, -0.25) is 4.79 Å². The molecule has 0 radical (unpaired) electrons. The summed E-state index contributed by atoms with van der Waals surface area (Å²) in [5.41, 5.74) is 2.34. The molecule has 0 aliphatic carbocycles. The molecule has 7 heteroatoms. The first-order chi connectivity index (χ1) is 11.8. The molecule has 25 heavy (non-hydrogen) atoms. The van der Waals surface area contributed by atoms with Crippen molar-refractivity contribution in [2.75, 3.05) is 33.7 Å². The normalized spacial score (nSPS) is 20.7. The fourth-order valence-corrected chi connectivity index (χ4v) is 5.20. The van der Waals surface area contributed by atoms with Crippen LogP contribution in [0.5, 0.6) is 0 Å². The lowest BCUT2D eigenvalue weighted by molar-refractivity contribution is -0.133. The predicted molar refractivity (Wildman–Crippen MR) is 97.2 cm³/mol. The number of carbonyl (C=O) groups excluding carboxylic acids is 1. The lowest BCUT2D eigenvalue weighted by Crippen LogP contribution is -2.55. The van der Waals surface area contributed by atoms with Crippen LogP contribution in [0.3, 0.4) is 0 Å². The molecule has 3 rings (SSSR count). The summed E-state index contributed by atoms with van der Waals surface area (Å²) < 4.78 is 27.6. The Morgan fingerprint density at radius 1 is 1.20 bits per heavy atom. The maximum Gasteiger partial charge on any atom is 0.281 e. The largest absolute Gasteiger partial charge is 0.337 e. The number of benzene rings is 1. The fourth-order valence-electron chi connectivity index (χ4n) is 4.09. The van der Waals surface area contributed by atoms with Gasteiger partial charge in [0.15, 0.2) is 0 Å². The van der Waals surface area contributed by atoms with E-state index in [0.717, 1.165) is 12.8 Å². The summed E-state index contributed by atoms with van der Waals surface area (Å²) in [4.78, 5) is 14.3. The van der Waals surface area contributed by atoms with E-state index < -0.39 is 10.2 Å². The van der Waals surface area contributed by atoms with Crippen LogP contribution >= 0.6 is 0 Å². The van der Waals surface area contributed by atoms with Gasteiger partial charge in [0, 0.05) is 52.1 Å². The number of piperidine rings is 1. The van der Waals surface area contributed by atoms with Crippen molar-refractivity contribution in [3.8, 4) is 0 Å². The number of nitrogens with zero attached hydrogens (tertiary/aromatic N) is 3. The Labute approximate surface area is 150 Å². The SMILES string of the molecule is CCC(=O)N1Cc2ccccc2C2(CCN(S(=O)(=O)N(C)C)CC2)C1. The van der Waals surface area contributed by atoms with E-state index >= 15 is 0 Å². The Bertz CT molecular complexity index is 753. The number of amides is 1. The summed E-state index contributed by atoms with van der Waals surface area (Å²) in [5, 5.41) is 0. The monoisotopic (exact) mass is 365 g/mol. The smallest absolute Gasteiger partial charge is 0.281 e. The first kappa shape index (κ1) is 18.4. The molecule has 138 valence electrons. The molecule has 2 aliphatic heterocycles. The molecule has 1 aromatic carbocycles. The molecule has 1 saturated heterocycles. The second kappa shape index (κ2) is 6.70. The average Bonchev–Trinajstić information content (AvgIpc) is 2.61. The van der Waals surface area contributed by atoms with Crippen molar-refractivity contribution in [1.82, 2.24) is 13.5 Å². The Balaban J connectivity index is 1.90. The van der Waals surface area contributed by atoms with Crippen LogP contribution in [0.15, 0.2) is 24.3 Å². The van der Waals surface area contributed by atoms with Crippen molar-refractivity contribution in [3.63, 3.8) is 0 Å². The Hall–Kier alpha value is -1.44. The second-order valence-corrected chi connectivity index (χ2v) is 9.37. The molecule has 1 aromatic rings. The van der Waals surface area contributed by atoms with Crippen LogP contribution in [0.4, 0.5) is 0 Å². The van der Waals surface area contributed by atoms with Gasteiger partial charge in [-0.2, -0.15) is 17.0 Å². The van der Waals surface area contributed by atoms with Gasteiger partial charge in [0.25, 0.3) is 10.2 Å². The third-order valence-corrected chi connectivity index (χ3v) is 7.51. The number of carbonyl (C=O) groups is 1. The van der Waals surface area contributed by atoms with Gasteiger partial charge in [0.1, 0.15) is 0 Å². The van der Waals surface area contributed by atoms with Crippen LogP contribution in [0.1, 0.15) is 37.3 Å². The summed E-state index contributed by atoms with van der Waals surface area (Å²) in [6.07, 6.45) is 1.98.